The van der Waals surface area contributed by atoms with E-state index >= 15 is 0 Å². The van der Waals surface area contributed by atoms with E-state index in [0.717, 1.165) is 41.3 Å². The minimum atomic E-state index is 0.230. The molecule has 0 aliphatic heterocycles. The molecule has 2 heteroatoms. The number of benzene rings is 6. The molecule has 1 aliphatic rings. The summed E-state index contributed by atoms with van der Waals surface area (Å²) in [6.45, 7) is 4.39. The van der Waals surface area contributed by atoms with Crippen LogP contribution in [-0.2, 0) is 6.42 Å². The van der Waals surface area contributed by atoms with Crippen LogP contribution < -0.4 is 9.80 Å². The molecule has 230 valence electrons. The maximum atomic E-state index is 2.36. The van der Waals surface area contributed by atoms with Gasteiger partial charge >= 0.3 is 0 Å². The summed E-state index contributed by atoms with van der Waals surface area (Å²) in [5.41, 5.74) is 10.9. The third-order valence-corrected chi connectivity index (χ3v) is 9.07. The normalized spacial score (nSPS) is 13.4. The van der Waals surface area contributed by atoms with Crippen molar-refractivity contribution in [2.45, 2.75) is 32.6 Å². The van der Waals surface area contributed by atoms with Crippen LogP contribution in [0.2, 0.25) is 0 Å². The van der Waals surface area contributed by atoms with Crippen LogP contribution in [0.5, 0.6) is 0 Å². The summed E-state index contributed by atoms with van der Waals surface area (Å²) in [5, 5.41) is 2.48. The first-order chi connectivity index (χ1) is 23.2. The molecule has 0 spiro atoms. The van der Waals surface area contributed by atoms with Crippen LogP contribution in [0.25, 0.3) is 16.8 Å². The Morgan fingerprint density at radius 1 is 0.617 bits per heavy atom. The smallest absolute Gasteiger partial charge is 0.0467 e. The van der Waals surface area contributed by atoms with Crippen molar-refractivity contribution in [3.8, 4) is 0 Å². The molecule has 6 aromatic carbocycles. The first-order valence-electron chi connectivity index (χ1n) is 16.6. The number of fused-ring (bicyclic) bond motifs is 2. The Balaban J connectivity index is 1.17. The van der Waals surface area contributed by atoms with Gasteiger partial charge in [-0.3, -0.25) is 0 Å². The molecule has 1 atom stereocenters. The first-order valence-corrected chi connectivity index (χ1v) is 16.6. The SMILES string of the molecule is C/C=C(\C=C/C(C)c1ccc(N(c2ccccc2)c2ccc3c(c2)CCC=C3)cc1)N(c1ccccc1)c1ccc2ccccc2c1. The zero-order valence-corrected chi connectivity index (χ0v) is 27.1. The van der Waals surface area contributed by atoms with Crippen molar-refractivity contribution in [2.24, 2.45) is 0 Å². The second-order valence-electron chi connectivity index (χ2n) is 12.2. The lowest BCUT2D eigenvalue weighted by Crippen LogP contribution is -2.15. The van der Waals surface area contributed by atoms with Crippen LogP contribution in [0.4, 0.5) is 28.4 Å². The monoisotopic (exact) mass is 608 g/mol. The van der Waals surface area contributed by atoms with Crippen molar-refractivity contribution in [1.29, 1.82) is 0 Å². The van der Waals surface area contributed by atoms with Gasteiger partial charge in [-0.2, -0.15) is 0 Å². The number of para-hydroxylation sites is 2. The van der Waals surface area contributed by atoms with E-state index in [9.17, 15) is 0 Å². The number of aryl methyl sites for hydroxylation is 1. The summed E-state index contributed by atoms with van der Waals surface area (Å²) in [5.74, 6) is 0.230. The zero-order valence-electron chi connectivity index (χ0n) is 27.1. The molecule has 0 heterocycles. The van der Waals surface area contributed by atoms with Crippen LogP contribution in [-0.4, -0.2) is 0 Å². The van der Waals surface area contributed by atoms with Gasteiger partial charge in [-0.1, -0.05) is 116 Å². The fourth-order valence-electron chi connectivity index (χ4n) is 6.50. The van der Waals surface area contributed by atoms with Crippen molar-refractivity contribution >= 4 is 45.3 Å². The standard InChI is InChI=1S/C45H40N2/c1-3-40(46(41-18-6-4-7-19-41)44-30-25-36-14-10-12-16-38(36)32-44)27-22-34(2)35-23-28-43(29-24-35)47(42-20-8-5-9-21-42)45-31-26-37-15-11-13-17-39(37)33-45/h3-12,14-16,18-34H,13,17H2,1-2H3/b27-22-,40-3+. The summed E-state index contributed by atoms with van der Waals surface area (Å²) in [7, 11) is 0. The molecule has 2 nitrogen and oxygen atoms in total. The lowest BCUT2D eigenvalue weighted by molar-refractivity contribution is 0.963. The van der Waals surface area contributed by atoms with E-state index in [-0.39, 0.29) is 5.92 Å². The number of hydrogen-bond donors (Lipinski definition) is 0. The molecule has 47 heavy (non-hydrogen) atoms. The van der Waals surface area contributed by atoms with Gasteiger partial charge < -0.3 is 9.80 Å². The van der Waals surface area contributed by atoms with Gasteiger partial charge in [-0.05, 0) is 120 Å². The molecule has 6 aromatic rings. The predicted molar refractivity (Wildman–Crippen MR) is 202 cm³/mol. The summed E-state index contributed by atoms with van der Waals surface area (Å²) in [6.07, 6.45) is 13.5. The lowest BCUT2D eigenvalue weighted by atomic mass is 9.96. The molecule has 0 amide bonds. The largest absolute Gasteiger partial charge is 0.311 e. The molecule has 1 aliphatic carbocycles. The Kier molecular flexibility index (Phi) is 8.83. The zero-order chi connectivity index (χ0) is 32.0. The molecule has 0 radical (unpaired) electrons. The van der Waals surface area contributed by atoms with Gasteiger partial charge in [-0.15, -0.1) is 0 Å². The average Bonchev–Trinajstić information content (AvgIpc) is 3.14. The highest BCUT2D eigenvalue weighted by Crippen LogP contribution is 2.38. The summed E-state index contributed by atoms with van der Waals surface area (Å²) >= 11 is 0. The van der Waals surface area contributed by atoms with Crippen LogP contribution in [0.3, 0.4) is 0 Å². The van der Waals surface area contributed by atoms with Crippen molar-refractivity contribution in [3.63, 3.8) is 0 Å². The van der Waals surface area contributed by atoms with Gasteiger partial charge in [-0.25, -0.2) is 0 Å². The highest BCUT2D eigenvalue weighted by atomic mass is 15.1. The minimum Gasteiger partial charge on any atom is -0.311 e. The van der Waals surface area contributed by atoms with Gasteiger partial charge in [0.25, 0.3) is 0 Å². The van der Waals surface area contributed by atoms with Crippen LogP contribution >= 0.6 is 0 Å². The van der Waals surface area contributed by atoms with Crippen molar-refractivity contribution < 1.29 is 0 Å². The van der Waals surface area contributed by atoms with Crippen molar-refractivity contribution in [3.05, 3.63) is 192 Å². The minimum absolute atomic E-state index is 0.230. The summed E-state index contributed by atoms with van der Waals surface area (Å²) in [4.78, 5) is 4.70. The molecule has 0 fully saturated rings. The molecule has 1 unspecified atom stereocenters. The molecule has 0 saturated carbocycles. The number of hydrogen-bond acceptors (Lipinski definition) is 2. The van der Waals surface area contributed by atoms with Crippen LogP contribution in [0.15, 0.2) is 176 Å². The van der Waals surface area contributed by atoms with E-state index in [1.165, 1.54) is 33.2 Å². The van der Waals surface area contributed by atoms with Gasteiger partial charge in [0.2, 0.25) is 0 Å². The molecule has 7 rings (SSSR count). The van der Waals surface area contributed by atoms with Gasteiger partial charge in [0.1, 0.15) is 0 Å². The molecular formula is C45H40N2. The Hall–Kier alpha value is -5.60. The second kappa shape index (κ2) is 13.8. The molecule has 0 N–H and O–H groups in total. The van der Waals surface area contributed by atoms with E-state index in [4.69, 9.17) is 0 Å². The van der Waals surface area contributed by atoms with E-state index in [2.05, 4.69) is 200 Å². The van der Waals surface area contributed by atoms with E-state index in [0.29, 0.717) is 0 Å². The fraction of sp³-hybridized carbons (Fsp3) is 0.111. The van der Waals surface area contributed by atoms with E-state index in [1.807, 2.05) is 0 Å². The topological polar surface area (TPSA) is 6.48 Å². The number of nitrogens with zero attached hydrogens (tertiary/aromatic N) is 2. The van der Waals surface area contributed by atoms with E-state index in [1.54, 1.807) is 0 Å². The fourth-order valence-corrected chi connectivity index (χ4v) is 6.50. The Bertz CT molecular complexity index is 2050. The van der Waals surface area contributed by atoms with Gasteiger partial charge in [0, 0.05) is 34.1 Å². The third kappa shape index (κ3) is 6.55. The number of allylic oxidation sites excluding steroid dienone is 4. The lowest BCUT2D eigenvalue weighted by Gasteiger charge is -2.27. The Morgan fingerprint density at radius 3 is 2.00 bits per heavy atom. The summed E-state index contributed by atoms with van der Waals surface area (Å²) in [6, 6.07) is 52.5. The van der Waals surface area contributed by atoms with Crippen LogP contribution in [0.1, 0.15) is 42.9 Å². The third-order valence-electron chi connectivity index (χ3n) is 9.07. The van der Waals surface area contributed by atoms with Crippen LogP contribution in [0, 0.1) is 0 Å². The quantitative estimate of drug-likeness (QED) is 0.151. The number of anilines is 5. The number of rotatable bonds is 9. The summed E-state index contributed by atoms with van der Waals surface area (Å²) < 4.78 is 0. The highest BCUT2D eigenvalue weighted by molar-refractivity contribution is 5.88. The van der Waals surface area contributed by atoms with Crippen molar-refractivity contribution in [1.82, 2.24) is 0 Å². The van der Waals surface area contributed by atoms with Gasteiger partial charge in [0.05, 0.1) is 0 Å². The molecule has 0 bridgehead atoms. The highest BCUT2D eigenvalue weighted by Gasteiger charge is 2.16. The molecule has 0 saturated heterocycles. The Labute approximate surface area is 279 Å². The van der Waals surface area contributed by atoms with E-state index < -0.39 is 0 Å². The second-order valence-corrected chi connectivity index (χ2v) is 12.2. The van der Waals surface area contributed by atoms with Crippen molar-refractivity contribution in [2.75, 3.05) is 9.80 Å². The Morgan fingerprint density at radius 2 is 1.26 bits per heavy atom. The van der Waals surface area contributed by atoms with Gasteiger partial charge in [0.15, 0.2) is 0 Å². The maximum absolute atomic E-state index is 2.36. The maximum Gasteiger partial charge on any atom is 0.0467 e. The molecule has 0 aromatic heterocycles. The predicted octanol–water partition coefficient (Wildman–Crippen LogP) is 12.7. The molecular weight excluding hydrogens is 569 g/mol. The first kappa shape index (κ1) is 30.1. The average molecular weight is 609 g/mol.